The van der Waals surface area contributed by atoms with E-state index in [9.17, 15) is 9.59 Å². The molecule has 110 valence electrons. The lowest BCUT2D eigenvalue weighted by molar-refractivity contribution is -0.126. The van der Waals surface area contributed by atoms with Crippen molar-refractivity contribution in [1.29, 1.82) is 0 Å². The van der Waals surface area contributed by atoms with E-state index in [1.807, 2.05) is 38.1 Å². The first-order valence-corrected chi connectivity index (χ1v) is 6.99. The Kier molecular flexibility index (Phi) is 5.74. The van der Waals surface area contributed by atoms with Gasteiger partial charge in [-0.25, -0.2) is 0 Å². The van der Waals surface area contributed by atoms with E-state index in [0.717, 1.165) is 5.69 Å². The molecule has 0 fully saturated rings. The summed E-state index contributed by atoms with van der Waals surface area (Å²) in [5.74, 6) is 0.0566. The van der Waals surface area contributed by atoms with Gasteiger partial charge >= 0.3 is 0 Å². The summed E-state index contributed by atoms with van der Waals surface area (Å²) in [6.45, 7) is 9.45. The lowest BCUT2D eigenvalue weighted by Gasteiger charge is -2.21. The van der Waals surface area contributed by atoms with E-state index in [4.69, 9.17) is 0 Å². The molecular formula is C16H24N2O2. The molecule has 0 aliphatic rings. The normalized spacial score (nSPS) is 12.3. The Labute approximate surface area is 121 Å². The molecule has 20 heavy (non-hydrogen) atoms. The molecule has 2 N–H and O–H groups in total. The smallest absolute Gasteiger partial charge is 0.247 e. The Morgan fingerprint density at radius 2 is 1.75 bits per heavy atom. The van der Waals surface area contributed by atoms with Gasteiger partial charge in [0, 0.05) is 12.6 Å². The molecule has 0 spiro atoms. The van der Waals surface area contributed by atoms with E-state index < -0.39 is 6.04 Å². The summed E-state index contributed by atoms with van der Waals surface area (Å²) < 4.78 is 0. The summed E-state index contributed by atoms with van der Waals surface area (Å²) in [5, 5.41) is 5.56. The van der Waals surface area contributed by atoms with Crippen molar-refractivity contribution in [2.75, 3.05) is 5.32 Å². The van der Waals surface area contributed by atoms with Crippen LogP contribution in [0.15, 0.2) is 24.3 Å². The number of amides is 2. The first kappa shape index (κ1) is 16.2. The summed E-state index contributed by atoms with van der Waals surface area (Å²) in [6.07, 6.45) is 0. The van der Waals surface area contributed by atoms with Crippen molar-refractivity contribution < 1.29 is 9.59 Å². The maximum absolute atomic E-state index is 12.2. The summed E-state index contributed by atoms with van der Waals surface area (Å²) >= 11 is 0. The van der Waals surface area contributed by atoms with Crippen molar-refractivity contribution in [3.8, 4) is 0 Å². The first-order chi connectivity index (χ1) is 9.31. The van der Waals surface area contributed by atoms with E-state index in [1.54, 1.807) is 0 Å². The van der Waals surface area contributed by atoms with Crippen molar-refractivity contribution in [2.24, 2.45) is 5.92 Å². The second-order valence-electron chi connectivity index (χ2n) is 5.69. The molecule has 1 atom stereocenters. The molecule has 0 saturated heterocycles. The standard InChI is InChI=1S/C16H24N2O2/c1-10(2)13-7-6-8-14(9-13)18-16(20)15(11(3)4)17-12(5)19/h6-11,15H,1-5H3,(H,17,19)(H,18,20)/t15-/m1/s1. The molecule has 1 aromatic rings. The highest BCUT2D eigenvalue weighted by Crippen LogP contribution is 2.19. The van der Waals surface area contributed by atoms with Crippen LogP contribution in [-0.4, -0.2) is 17.9 Å². The highest BCUT2D eigenvalue weighted by molar-refractivity contribution is 5.97. The summed E-state index contributed by atoms with van der Waals surface area (Å²) in [5.41, 5.74) is 1.93. The van der Waals surface area contributed by atoms with Crippen LogP contribution in [-0.2, 0) is 9.59 Å². The third kappa shape index (κ3) is 4.68. The Bertz CT molecular complexity index is 481. The average Bonchev–Trinajstić information content (AvgIpc) is 2.35. The predicted octanol–water partition coefficient (Wildman–Crippen LogP) is 2.91. The van der Waals surface area contributed by atoms with Crippen LogP contribution in [0.4, 0.5) is 5.69 Å². The van der Waals surface area contributed by atoms with Gasteiger partial charge in [-0.3, -0.25) is 9.59 Å². The van der Waals surface area contributed by atoms with Gasteiger partial charge in [-0.2, -0.15) is 0 Å². The molecule has 0 unspecified atom stereocenters. The molecular weight excluding hydrogens is 252 g/mol. The molecule has 0 bridgehead atoms. The van der Waals surface area contributed by atoms with E-state index in [2.05, 4.69) is 24.5 Å². The number of rotatable bonds is 5. The fourth-order valence-corrected chi connectivity index (χ4v) is 1.95. The van der Waals surface area contributed by atoms with Crippen molar-refractivity contribution in [3.63, 3.8) is 0 Å². The first-order valence-electron chi connectivity index (χ1n) is 6.99. The Morgan fingerprint density at radius 3 is 2.25 bits per heavy atom. The molecule has 0 radical (unpaired) electrons. The van der Waals surface area contributed by atoms with Crippen LogP contribution in [0.1, 0.15) is 46.1 Å². The monoisotopic (exact) mass is 276 g/mol. The molecule has 0 aliphatic heterocycles. The quantitative estimate of drug-likeness (QED) is 0.868. The Hall–Kier alpha value is -1.84. The van der Waals surface area contributed by atoms with Crippen LogP contribution < -0.4 is 10.6 Å². The molecule has 1 rings (SSSR count). The van der Waals surface area contributed by atoms with Gasteiger partial charge < -0.3 is 10.6 Å². The molecule has 4 nitrogen and oxygen atoms in total. The number of anilines is 1. The van der Waals surface area contributed by atoms with E-state index in [0.29, 0.717) is 5.92 Å². The zero-order valence-corrected chi connectivity index (χ0v) is 12.9. The largest absolute Gasteiger partial charge is 0.344 e. The second-order valence-corrected chi connectivity index (χ2v) is 5.69. The average molecular weight is 276 g/mol. The number of carbonyl (C=O) groups is 2. The van der Waals surface area contributed by atoms with Crippen molar-refractivity contribution in [3.05, 3.63) is 29.8 Å². The zero-order chi connectivity index (χ0) is 15.3. The van der Waals surface area contributed by atoms with Crippen molar-refractivity contribution >= 4 is 17.5 Å². The molecule has 1 aromatic carbocycles. The van der Waals surface area contributed by atoms with E-state index >= 15 is 0 Å². The van der Waals surface area contributed by atoms with Crippen LogP contribution >= 0.6 is 0 Å². The Morgan fingerprint density at radius 1 is 1.10 bits per heavy atom. The fraction of sp³-hybridized carbons (Fsp3) is 0.500. The SMILES string of the molecule is CC(=O)N[C@@H](C(=O)Nc1cccc(C(C)C)c1)C(C)C. The van der Waals surface area contributed by atoms with Gasteiger partial charge in [0.05, 0.1) is 0 Å². The van der Waals surface area contributed by atoms with E-state index in [1.165, 1.54) is 12.5 Å². The lowest BCUT2D eigenvalue weighted by atomic mass is 10.0. The van der Waals surface area contributed by atoms with Gasteiger partial charge in [0.1, 0.15) is 6.04 Å². The van der Waals surface area contributed by atoms with Crippen molar-refractivity contribution in [1.82, 2.24) is 5.32 Å². The lowest BCUT2D eigenvalue weighted by Crippen LogP contribution is -2.46. The fourth-order valence-electron chi connectivity index (χ4n) is 1.95. The third-order valence-corrected chi connectivity index (χ3v) is 3.13. The van der Waals surface area contributed by atoms with Gasteiger partial charge in [0.25, 0.3) is 0 Å². The van der Waals surface area contributed by atoms with E-state index in [-0.39, 0.29) is 17.7 Å². The summed E-state index contributed by atoms with van der Waals surface area (Å²) in [7, 11) is 0. The summed E-state index contributed by atoms with van der Waals surface area (Å²) in [4.78, 5) is 23.4. The van der Waals surface area contributed by atoms with Gasteiger partial charge in [-0.05, 0) is 29.5 Å². The van der Waals surface area contributed by atoms with Crippen LogP contribution in [0.25, 0.3) is 0 Å². The second kappa shape index (κ2) is 7.08. The minimum absolute atomic E-state index is 0.0344. The molecule has 0 heterocycles. The highest BCUT2D eigenvalue weighted by Gasteiger charge is 2.23. The van der Waals surface area contributed by atoms with Gasteiger partial charge in [-0.1, -0.05) is 39.8 Å². The molecule has 4 heteroatoms. The number of hydrogen-bond acceptors (Lipinski definition) is 2. The topological polar surface area (TPSA) is 58.2 Å². The molecule has 2 amide bonds. The number of carbonyl (C=O) groups excluding carboxylic acids is 2. The van der Waals surface area contributed by atoms with Gasteiger partial charge in [-0.15, -0.1) is 0 Å². The molecule has 0 aliphatic carbocycles. The number of benzene rings is 1. The van der Waals surface area contributed by atoms with Gasteiger partial charge in [0.15, 0.2) is 0 Å². The Balaban J connectivity index is 2.82. The number of hydrogen-bond donors (Lipinski definition) is 2. The molecule has 0 aromatic heterocycles. The van der Waals surface area contributed by atoms with Gasteiger partial charge in [0.2, 0.25) is 11.8 Å². The number of nitrogens with one attached hydrogen (secondary N) is 2. The highest BCUT2D eigenvalue weighted by atomic mass is 16.2. The van der Waals surface area contributed by atoms with Crippen LogP contribution in [0, 0.1) is 5.92 Å². The zero-order valence-electron chi connectivity index (χ0n) is 12.9. The van der Waals surface area contributed by atoms with Crippen LogP contribution in [0.2, 0.25) is 0 Å². The predicted molar refractivity (Wildman–Crippen MR) is 81.6 cm³/mol. The summed E-state index contributed by atoms with van der Waals surface area (Å²) in [6, 6.07) is 7.26. The maximum Gasteiger partial charge on any atom is 0.247 e. The third-order valence-electron chi connectivity index (χ3n) is 3.13. The maximum atomic E-state index is 12.2. The van der Waals surface area contributed by atoms with Crippen LogP contribution in [0.5, 0.6) is 0 Å². The minimum Gasteiger partial charge on any atom is -0.344 e. The minimum atomic E-state index is -0.518. The van der Waals surface area contributed by atoms with Crippen molar-refractivity contribution in [2.45, 2.75) is 46.6 Å². The van der Waals surface area contributed by atoms with Crippen LogP contribution in [0.3, 0.4) is 0 Å². The molecule has 0 saturated carbocycles.